The number of nitrogens with zero attached hydrogens (tertiary/aromatic N) is 3. The van der Waals surface area contributed by atoms with E-state index in [0.29, 0.717) is 23.8 Å². The van der Waals surface area contributed by atoms with Crippen LogP contribution in [0.2, 0.25) is 5.15 Å². The Morgan fingerprint density at radius 3 is 3.21 bits per heavy atom. The van der Waals surface area contributed by atoms with Crippen molar-refractivity contribution in [3.8, 4) is 0 Å². The zero-order valence-electron chi connectivity index (χ0n) is 10.1. The molecule has 0 radical (unpaired) electrons. The van der Waals surface area contributed by atoms with Crippen molar-refractivity contribution < 1.29 is 9.90 Å². The van der Waals surface area contributed by atoms with Crippen molar-refractivity contribution in [2.75, 3.05) is 13.1 Å². The molecule has 2 aromatic heterocycles. The van der Waals surface area contributed by atoms with Crippen LogP contribution in [0.25, 0.3) is 10.9 Å². The van der Waals surface area contributed by atoms with Gasteiger partial charge in [0.05, 0.1) is 5.69 Å². The van der Waals surface area contributed by atoms with Gasteiger partial charge in [0.15, 0.2) is 5.15 Å². The van der Waals surface area contributed by atoms with Crippen LogP contribution in [0.5, 0.6) is 0 Å². The molecular formula is C12H13ClN4O2. The number of piperidine rings is 1. The van der Waals surface area contributed by atoms with Crippen LogP contribution in [0, 0.1) is 0 Å². The zero-order valence-corrected chi connectivity index (χ0v) is 10.9. The summed E-state index contributed by atoms with van der Waals surface area (Å²) in [6, 6.07) is 1.86. The third-order valence-corrected chi connectivity index (χ3v) is 3.83. The number of nitrogens with one attached hydrogen (secondary N) is 1. The van der Waals surface area contributed by atoms with Crippen LogP contribution in [0.1, 0.15) is 24.5 Å². The molecule has 1 fully saturated rings. The maximum absolute atomic E-state index is 11.1. The van der Waals surface area contributed by atoms with Crippen molar-refractivity contribution in [3.63, 3.8) is 0 Å². The molecule has 19 heavy (non-hydrogen) atoms. The first-order chi connectivity index (χ1) is 9.16. The summed E-state index contributed by atoms with van der Waals surface area (Å²) in [5.41, 5.74) is 1.59. The maximum Gasteiger partial charge on any atom is 0.407 e. The van der Waals surface area contributed by atoms with Gasteiger partial charge in [0.2, 0.25) is 0 Å². The fourth-order valence-corrected chi connectivity index (χ4v) is 2.82. The third-order valence-electron chi connectivity index (χ3n) is 3.55. The van der Waals surface area contributed by atoms with Gasteiger partial charge in [-0.15, -0.1) is 0 Å². The molecule has 0 aromatic carbocycles. The first-order valence-corrected chi connectivity index (χ1v) is 6.51. The molecule has 2 N–H and O–H groups in total. The number of hydrogen-bond donors (Lipinski definition) is 2. The van der Waals surface area contributed by atoms with Crippen LogP contribution in [-0.4, -0.2) is 44.4 Å². The van der Waals surface area contributed by atoms with Gasteiger partial charge in [0.25, 0.3) is 0 Å². The molecule has 0 bridgehead atoms. The highest BCUT2D eigenvalue weighted by atomic mass is 35.5. The lowest BCUT2D eigenvalue weighted by Gasteiger charge is -2.29. The number of aromatic nitrogens is 3. The van der Waals surface area contributed by atoms with Crippen LogP contribution in [0.4, 0.5) is 4.79 Å². The number of likely N-dealkylation sites (tertiary alicyclic amines) is 1. The highest BCUT2D eigenvalue weighted by Gasteiger charge is 2.27. The molecule has 1 atom stereocenters. The van der Waals surface area contributed by atoms with Gasteiger partial charge in [-0.2, -0.15) is 5.10 Å². The number of carbonyl (C=O) groups is 1. The molecule has 0 spiro atoms. The second kappa shape index (κ2) is 4.70. The Balaban J connectivity index is 1.96. The van der Waals surface area contributed by atoms with Crippen molar-refractivity contribution in [3.05, 3.63) is 23.1 Å². The van der Waals surface area contributed by atoms with E-state index in [-0.39, 0.29) is 5.92 Å². The van der Waals surface area contributed by atoms with E-state index in [4.69, 9.17) is 16.7 Å². The topological polar surface area (TPSA) is 82.1 Å². The summed E-state index contributed by atoms with van der Waals surface area (Å²) in [5, 5.41) is 17.6. The first kappa shape index (κ1) is 12.2. The Kier molecular flexibility index (Phi) is 3.02. The Morgan fingerprint density at radius 2 is 2.42 bits per heavy atom. The average molecular weight is 281 g/mol. The molecule has 3 rings (SSSR count). The molecule has 1 unspecified atom stereocenters. The van der Waals surface area contributed by atoms with Crippen LogP contribution in [-0.2, 0) is 0 Å². The number of halogens is 1. The van der Waals surface area contributed by atoms with Crippen LogP contribution in [0.3, 0.4) is 0 Å². The first-order valence-electron chi connectivity index (χ1n) is 6.13. The number of H-pyrrole nitrogens is 1. The minimum Gasteiger partial charge on any atom is -0.465 e. The molecule has 0 saturated carbocycles. The second-order valence-electron chi connectivity index (χ2n) is 4.70. The lowest BCUT2D eigenvalue weighted by Crippen LogP contribution is -2.38. The summed E-state index contributed by atoms with van der Waals surface area (Å²) in [4.78, 5) is 16.5. The molecule has 1 aliphatic rings. The second-order valence-corrected chi connectivity index (χ2v) is 5.06. The Morgan fingerprint density at radius 1 is 1.58 bits per heavy atom. The van der Waals surface area contributed by atoms with E-state index in [1.54, 1.807) is 6.20 Å². The predicted molar refractivity (Wildman–Crippen MR) is 70.5 cm³/mol. The lowest BCUT2D eigenvalue weighted by atomic mass is 9.93. The van der Waals surface area contributed by atoms with Crippen molar-refractivity contribution in [2.45, 2.75) is 18.8 Å². The average Bonchev–Trinajstić information content (AvgIpc) is 2.84. The molecule has 6 nitrogen and oxygen atoms in total. The van der Waals surface area contributed by atoms with E-state index in [1.165, 1.54) is 4.90 Å². The van der Waals surface area contributed by atoms with E-state index < -0.39 is 6.09 Å². The van der Waals surface area contributed by atoms with Gasteiger partial charge in [-0.05, 0) is 18.9 Å². The number of amides is 1. The summed E-state index contributed by atoms with van der Waals surface area (Å²) in [5.74, 6) is 0.108. The van der Waals surface area contributed by atoms with Crippen molar-refractivity contribution in [1.82, 2.24) is 20.1 Å². The molecule has 0 aliphatic carbocycles. The fourth-order valence-electron chi connectivity index (χ4n) is 2.62. The van der Waals surface area contributed by atoms with Crippen molar-refractivity contribution >= 4 is 28.6 Å². The van der Waals surface area contributed by atoms with E-state index in [0.717, 1.165) is 23.9 Å². The number of aromatic amines is 1. The third kappa shape index (κ3) is 2.12. The molecule has 1 amide bonds. The zero-order chi connectivity index (χ0) is 13.4. The number of pyridine rings is 1. The van der Waals surface area contributed by atoms with Crippen LogP contribution in [0.15, 0.2) is 12.3 Å². The minimum absolute atomic E-state index is 0.108. The normalized spacial score (nSPS) is 19.8. The summed E-state index contributed by atoms with van der Waals surface area (Å²) in [7, 11) is 0. The van der Waals surface area contributed by atoms with Gasteiger partial charge in [-0.3, -0.25) is 5.10 Å². The van der Waals surface area contributed by atoms with Gasteiger partial charge in [-0.1, -0.05) is 11.6 Å². The highest BCUT2D eigenvalue weighted by molar-refractivity contribution is 6.33. The van der Waals surface area contributed by atoms with Crippen LogP contribution >= 0.6 is 11.6 Å². The molecule has 100 valence electrons. The number of hydrogen-bond acceptors (Lipinski definition) is 3. The highest BCUT2D eigenvalue weighted by Crippen LogP contribution is 2.31. The summed E-state index contributed by atoms with van der Waals surface area (Å²) >= 11 is 6.00. The van der Waals surface area contributed by atoms with E-state index in [2.05, 4.69) is 15.2 Å². The molecule has 1 aliphatic heterocycles. The number of carboxylic acid groups (broad SMARTS) is 1. The van der Waals surface area contributed by atoms with Crippen molar-refractivity contribution in [1.29, 1.82) is 0 Å². The summed E-state index contributed by atoms with van der Waals surface area (Å²) < 4.78 is 0. The largest absolute Gasteiger partial charge is 0.465 e. The van der Waals surface area contributed by atoms with Crippen molar-refractivity contribution in [2.24, 2.45) is 0 Å². The molecule has 1 saturated heterocycles. The number of rotatable bonds is 1. The quantitative estimate of drug-likeness (QED) is 0.786. The molecular weight excluding hydrogens is 268 g/mol. The predicted octanol–water partition coefficient (Wildman–Crippen LogP) is 2.47. The van der Waals surface area contributed by atoms with Gasteiger partial charge < -0.3 is 10.0 Å². The smallest absolute Gasteiger partial charge is 0.407 e. The standard InChI is InChI=1S/C12H13ClN4O2/c13-11-10-8(3-4-14-11)9(15-16-10)7-2-1-5-17(6-7)12(18)19/h3-4,7H,1-2,5-6H2,(H,15,16)(H,18,19). The summed E-state index contributed by atoms with van der Waals surface area (Å²) in [6.07, 6.45) is 2.55. The molecule has 3 heterocycles. The van der Waals surface area contributed by atoms with E-state index >= 15 is 0 Å². The summed E-state index contributed by atoms with van der Waals surface area (Å²) in [6.45, 7) is 1.08. The van der Waals surface area contributed by atoms with E-state index in [9.17, 15) is 4.79 Å². The number of fused-ring (bicyclic) bond motifs is 1. The minimum atomic E-state index is -0.871. The Bertz CT molecular complexity index is 627. The SMILES string of the molecule is O=C(O)N1CCCC(c2n[nH]c3c(Cl)nccc23)C1. The maximum atomic E-state index is 11.1. The van der Waals surface area contributed by atoms with Gasteiger partial charge in [-0.25, -0.2) is 9.78 Å². The molecule has 7 heteroatoms. The van der Waals surface area contributed by atoms with Crippen LogP contribution < -0.4 is 0 Å². The van der Waals surface area contributed by atoms with E-state index in [1.807, 2.05) is 6.07 Å². The Labute approximate surface area is 114 Å². The molecule has 2 aromatic rings. The monoisotopic (exact) mass is 280 g/mol. The van der Waals surface area contributed by atoms with Gasteiger partial charge in [0, 0.05) is 30.6 Å². The van der Waals surface area contributed by atoms with Gasteiger partial charge >= 0.3 is 6.09 Å². The van der Waals surface area contributed by atoms with Gasteiger partial charge in [0.1, 0.15) is 5.52 Å². The lowest BCUT2D eigenvalue weighted by molar-refractivity contribution is 0.130. The Hall–Kier alpha value is -1.82. The fraction of sp³-hybridized carbons (Fsp3) is 0.417.